The normalized spacial score (nSPS) is 13.9. The lowest BCUT2D eigenvalue weighted by Gasteiger charge is -2.14. The van der Waals surface area contributed by atoms with Crippen molar-refractivity contribution in [1.29, 1.82) is 0 Å². The monoisotopic (exact) mass is 382 g/mol. The van der Waals surface area contributed by atoms with Crippen LogP contribution in [0.15, 0.2) is 48.5 Å². The van der Waals surface area contributed by atoms with E-state index in [0.717, 1.165) is 25.9 Å². The van der Waals surface area contributed by atoms with Crippen LogP contribution in [-0.2, 0) is 4.79 Å². The van der Waals surface area contributed by atoms with Crippen molar-refractivity contribution in [1.82, 2.24) is 4.90 Å². The number of hydrogen-bond acceptors (Lipinski definition) is 5. The largest absolute Gasteiger partial charge is 0.326 e. The van der Waals surface area contributed by atoms with Gasteiger partial charge in [0.2, 0.25) is 5.91 Å². The number of hydrogen-bond donors (Lipinski definition) is 2. The second kappa shape index (κ2) is 9.09. The number of likely N-dealkylation sites (tertiary alicyclic amines) is 1. The summed E-state index contributed by atoms with van der Waals surface area (Å²) in [6.07, 6.45) is 2.59. The van der Waals surface area contributed by atoms with Crippen LogP contribution < -0.4 is 10.6 Å². The molecule has 0 aromatic heterocycles. The molecular weight excluding hydrogens is 360 g/mol. The summed E-state index contributed by atoms with van der Waals surface area (Å²) in [4.78, 5) is 37.5. The molecule has 3 rings (SSSR count). The van der Waals surface area contributed by atoms with E-state index in [4.69, 9.17) is 0 Å². The van der Waals surface area contributed by atoms with Crippen molar-refractivity contribution < 1.29 is 14.5 Å². The lowest BCUT2D eigenvalue weighted by atomic mass is 10.1. The van der Waals surface area contributed by atoms with Crippen LogP contribution in [0.2, 0.25) is 0 Å². The minimum atomic E-state index is -0.584. The molecule has 0 radical (unpaired) electrons. The highest BCUT2D eigenvalue weighted by molar-refractivity contribution is 6.06. The summed E-state index contributed by atoms with van der Waals surface area (Å²) >= 11 is 0. The quantitative estimate of drug-likeness (QED) is 0.565. The van der Waals surface area contributed by atoms with E-state index in [0.29, 0.717) is 18.7 Å². The Morgan fingerprint density at radius 3 is 2.39 bits per heavy atom. The zero-order chi connectivity index (χ0) is 19.9. The maximum absolute atomic E-state index is 12.5. The van der Waals surface area contributed by atoms with Gasteiger partial charge in [0.1, 0.15) is 0 Å². The molecule has 1 aliphatic heterocycles. The highest BCUT2D eigenvalue weighted by Crippen LogP contribution is 2.22. The minimum Gasteiger partial charge on any atom is -0.326 e. The molecular formula is C20H22N4O4. The lowest BCUT2D eigenvalue weighted by Crippen LogP contribution is -2.25. The van der Waals surface area contributed by atoms with Crippen LogP contribution in [0.1, 0.15) is 29.6 Å². The molecule has 2 amide bonds. The van der Waals surface area contributed by atoms with E-state index in [1.807, 2.05) is 6.07 Å². The Labute approximate surface area is 162 Å². The van der Waals surface area contributed by atoms with Gasteiger partial charge >= 0.3 is 0 Å². The Kier molecular flexibility index (Phi) is 6.33. The number of nitro groups is 1. The van der Waals surface area contributed by atoms with E-state index in [-0.39, 0.29) is 22.8 Å². The number of nitro benzene ring substituents is 1. The minimum absolute atomic E-state index is 0.105. The SMILES string of the molecule is O=C(CCN1CCCC1)Nc1cc(C(=O)Nc2ccccc2)cc([N+](=O)[O-])c1. The van der Waals surface area contributed by atoms with Crippen LogP contribution in [0.3, 0.4) is 0 Å². The summed E-state index contributed by atoms with van der Waals surface area (Å²) in [6.45, 7) is 2.64. The van der Waals surface area contributed by atoms with E-state index < -0.39 is 10.8 Å². The van der Waals surface area contributed by atoms with Crippen LogP contribution in [0.4, 0.5) is 17.1 Å². The molecule has 8 heteroatoms. The summed E-state index contributed by atoms with van der Waals surface area (Å²) < 4.78 is 0. The van der Waals surface area contributed by atoms with Gasteiger partial charge in [0.15, 0.2) is 0 Å². The third kappa shape index (κ3) is 5.37. The molecule has 1 fully saturated rings. The van der Waals surface area contributed by atoms with Crippen LogP contribution >= 0.6 is 0 Å². The summed E-state index contributed by atoms with van der Waals surface area (Å²) in [5.74, 6) is -0.718. The lowest BCUT2D eigenvalue weighted by molar-refractivity contribution is -0.384. The Hall–Kier alpha value is -3.26. The fraction of sp³-hybridized carbons (Fsp3) is 0.300. The van der Waals surface area contributed by atoms with Gasteiger partial charge in [0.05, 0.1) is 4.92 Å². The van der Waals surface area contributed by atoms with E-state index in [2.05, 4.69) is 15.5 Å². The molecule has 8 nitrogen and oxygen atoms in total. The number of benzene rings is 2. The van der Waals surface area contributed by atoms with Gasteiger partial charge in [-0.25, -0.2) is 0 Å². The summed E-state index contributed by atoms with van der Waals surface area (Å²) in [5.41, 5.74) is 0.664. The number of carbonyl (C=O) groups excluding carboxylic acids is 2. The van der Waals surface area contributed by atoms with Crippen molar-refractivity contribution in [2.75, 3.05) is 30.3 Å². The summed E-state index contributed by atoms with van der Waals surface area (Å²) in [6, 6.07) is 12.7. The first-order chi connectivity index (χ1) is 13.5. The fourth-order valence-electron chi connectivity index (χ4n) is 3.13. The maximum Gasteiger partial charge on any atom is 0.272 e. The van der Waals surface area contributed by atoms with Gasteiger partial charge in [-0.3, -0.25) is 19.7 Å². The molecule has 1 aliphatic rings. The van der Waals surface area contributed by atoms with Crippen LogP contribution in [0.25, 0.3) is 0 Å². The first kappa shape index (κ1) is 19.5. The Balaban J connectivity index is 1.70. The number of nitrogens with zero attached hydrogens (tertiary/aromatic N) is 2. The van der Waals surface area contributed by atoms with Crippen molar-refractivity contribution >= 4 is 28.9 Å². The van der Waals surface area contributed by atoms with Gasteiger partial charge in [-0.05, 0) is 44.1 Å². The van der Waals surface area contributed by atoms with Crippen molar-refractivity contribution in [2.45, 2.75) is 19.3 Å². The Morgan fingerprint density at radius 1 is 1.00 bits per heavy atom. The number of amides is 2. The van der Waals surface area contributed by atoms with Gasteiger partial charge in [-0.1, -0.05) is 18.2 Å². The molecule has 28 heavy (non-hydrogen) atoms. The number of para-hydroxylation sites is 1. The van der Waals surface area contributed by atoms with Crippen LogP contribution in [-0.4, -0.2) is 41.3 Å². The van der Waals surface area contributed by atoms with Crippen molar-refractivity contribution in [3.63, 3.8) is 0 Å². The molecule has 1 heterocycles. The first-order valence-electron chi connectivity index (χ1n) is 9.19. The van der Waals surface area contributed by atoms with E-state index in [1.54, 1.807) is 24.3 Å². The highest BCUT2D eigenvalue weighted by Gasteiger charge is 2.17. The molecule has 0 aliphatic carbocycles. The topological polar surface area (TPSA) is 105 Å². The predicted octanol–water partition coefficient (Wildman–Crippen LogP) is 3.27. The van der Waals surface area contributed by atoms with Crippen molar-refractivity contribution in [3.05, 3.63) is 64.2 Å². The molecule has 0 saturated carbocycles. The average Bonchev–Trinajstić information content (AvgIpc) is 3.20. The van der Waals surface area contributed by atoms with Crippen molar-refractivity contribution in [2.24, 2.45) is 0 Å². The number of rotatable bonds is 7. The second-order valence-corrected chi connectivity index (χ2v) is 6.69. The van der Waals surface area contributed by atoms with Gasteiger partial charge in [0.25, 0.3) is 11.6 Å². The second-order valence-electron chi connectivity index (χ2n) is 6.69. The molecule has 2 aromatic rings. The fourth-order valence-corrected chi connectivity index (χ4v) is 3.13. The Bertz CT molecular complexity index is 864. The number of nitrogens with one attached hydrogen (secondary N) is 2. The molecule has 146 valence electrons. The number of non-ortho nitro benzene ring substituents is 1. The third-order valence-electron chi connectivity index (χ3n) is 4.56. The van der Waals surface area contributed by atoms with Crippen LogP contribution in [0, 0.1) is 10.1 Å². The molecule has 1 saturated heterocycles. The molecule has 2 N–H and O–H groups in total. The molecule has 0 atom stereocenters. The summed E-state index contributed by atoms with van der Waals surface area (Å²) in [7, 11) is 0. The number of anilines is 2. The first-order valence-corrected chi connectivity index (χ1v) is 9.19. The maximum atomic E-state index is 12.5. The van der Waals surface area contributed by atoms with E-state index in [1.165, 1.54) is 18.2 Å². The van der Waals surface area contributed by atoms with Gasteiger partial charge in [0, 0.05) is 42.0 Å². The molecule has 0 unspecified atom stereocenters. The van der Waals surface area contributed by atoms with Crippen LogP contribution in [0.5, 0.6) is 0 Å². The molecule has 0 bridgehead atoms. The molecule has 0 spiro atoms. The zero-order valence-corrected chi connectivity index (χ0v) is 15.4. The van der Waals surface area contributed by atoms with Gasteiger partial charge < -0.3 is 15.5 Å². The van der Waals surface area contributed by atoms with E-state index in [9.17, 15) is 19.7 Å². The highest BCUT2D eigenvalue weighted by atomic mass is 16.6. The van der Waals surface area contributed by atoms with Gasteiger partial charge in [-0.2, -0.15) is 0 Å². The van der Waals surface area contributed by atoms with E-state index >= 15 is 0 Å². The number of carbonyl (C=O) groups is 2. The third-order valence-corrected chi connectivity index (χ3v) is 4.56. The average molecular weight is 382 g/mol. The standard InChI is InChI=1S/C20H22N4O4/c25-19(8-11-23-9-4-5-10-23)21-17-12-15(13-18(14-17)24(27)28)20(26)22-16-6-2-1-3-7-16/h1-3,6-7,12-14H,4-5,8-11H2,(H,21,25)(H,22,26). The van der Waals surface area contributed by atoms with Gasteiger partial charge in [-0.15, -0.1) is 0 Å². The predicted molar refractivity (Wildman–Crippen MR) is 106 cm³/mol. The smallest absolute Gasteiger partial charge is 0.272 e. The molecule has 2 aromatic carbocycles. The zero-order valence-electron chi connectivity index (χ0n) is 15.4. The summed E-state index contributed by atoms with van der Waals surface area (Å²) in [5, 5.41) is 16.6. The van der Waals surface area contributed by atoms with Crippen molar-refractivity contribution in [3.8, 4) is 0 Å². The Morgan fingerprint density at radius 2 is 1.71 bits per heavy atom.